The molecule has 0 saturated carbocycles. The summed E-state index contributed by atoms with van der Waals surface area (Å²) in [5.74, 6) is 0. The summed E-state index contributed by atoms with van der Waals surface area (Å²) in [7, 11) is 0. The fourth-order valence-corrected chi connectivity index (χ4v) is 2.88. The summed E-state index contributed by atoms with van der Waals surface area (Å²) in [5, 5.41) is 13.6. The molecule has 18 heavy (non-hydrogen) atoms. The summed E-state index contributed by atoms with van der Waals surface area (Å²) in [6, 6.07) is 13.4. The van der Waals surface area contributed by atoms with Crippen LogP contribution in [0, 0.1) is 0 Å². The number of rotatable bonds is 2. The van der Waals surface area contributed by atoms with E-state index in [1.54, 1.807) is 0 Å². The van der Waals surface area contributed by atoms with Gasteiger partial charge in [0.2, 0.25) is 0 Å². The lowest BCUT2D eigenvalue weighted by molar-refractivity contribution is 0.224. The molecule has 2 heterocycles. The average molecular weight is 276 g/mol. The van der Waals surface area contributed by atoms with Crippen molar-refractivity contribution in [2.45, 2.75) is 6.10 Å². The number of hydrogen-bond donors (Lipinski definition) is 1. The quantitative estimate of drug-likeness (QED) is 0.716. The Morgan fingerprint density at radius 2 is 2.00 bits per heavy atom. The zero-order valence-corrected chi connectivity index (χ0v) is 10.9. The summed E-state index contributed by atoms with van der Waals surface area (Å²) < 4.78 is 0. The normalized spacial score (nSPS) is 12.8. The van der Waals surface area contributed by atoms with Gasteiger partial charge >= 0.3 is 0 Å². The third kappa shape index (κ3) is 2.01. The van der Waals surface area contributed by atoms with Crippen LogP contribution in [-0.4, -0.2) is 10.1 Å². The third-order valence-electron chi connectivity index (χ3n) is 2.81. The van der Waals surface area contributed by atoms with Crippen molar-refractivity contribution < 1.29 is 5.11 Å². The van der Waals surface area contributed by atoms with Gasteiger partial charge in [0.1, 0.15) is 11.3 Å². The molecular formula is C14H10ClNOS. The number of aromatic nitrogens is 1. The number of aliphatic hydroxyl groups is 1. The summed E-state index contributed by atoms with van der Waals surface area (Å²) in [6.07, 6.45) is -0.713. The van der Waals surface area contributed by atoms with Crippen molar-refractivity contribution in [1.82, 2.24) is 4.98 Å². The molecule has 90 valence electrons. The maximum Gasteiger partial charge on any atom is 0.135 e. The monoisotopic (exact) mass is 275 g/mol. The number of thiophene rings is 1. The van der Waals surface area contributed by atoms with Gasteiger partial charge in [-0.2, -0.15) is 0 Å². The first kappa shape index (κ1) is 11.7. The van der Waals surface area contributed by atoms with E-state index in [-0.39, 0.29) is 0 Å². The molecule has 0 aliphatic heterocycles. The highest BCUT2D eigenvalue weighted by molar-refractivity contribution is 7.10. The van der Waals surface area contributed by atoms with Gasteiger partial charge in [-0.3, -0.25) is 0 Å². The smallest absolute Gasteiger partial charge is 0.135 e. The lowest BCUT2D eigenvalue weighted by atomic mass is 10.1. The first-order valence-corrected chi connectivity index (χ1v) is 6.78. The molecule has 1 unspecified atom stereocenters. The number of fused-ring (bicyclic) bond motifs is 1. The van der Waals surface area contributed by atoms with Gasteiger partial charge in [-0.25, -0.2) is 4.98 Å². The molecule has 0 radical (unpaired) electrons. The number of halogens is 1. The topological polar surface area (TPSA) is 33.1 Å². The number of hydrogen-bond acceptors (Lipinski definition) is 3. The molecule has 0 aliphatic rings. The molecule has 2 aromatic heterocycles. The van der Waals surface area contributed by atoms with Gasteiger partial charge in [0, 0.05) is 15.8 Å². The van der Waals surface area contributed by atoms with Crippen LogP contribution in [-0.2, 0) is 0 Å². The first-order chi connectivity index (χ1) is 8.75. The van der Waals surface area contributed by atoms with Gasteiger partial charge in [-0.15, -0.1) is 11.3 Å². The van der Waals surface area contributed by atoms with Crippen molar-refractivity contribution in [3.8, 4) is 0 Å². The SMILES string of the molecule is OC(c1cccs1)c1cc2ccccc2nc1Cl. The van der Waals surface area contributed by atoms with Crippen molar-refractivity contribution in [2.24, 2.45) is 0 Å². The molecule has 0 saturated heterocycles. The number of aliphatic hydroxyl groups excluding tert-OH is 1. The second-order valence-electron chi connectivity index (χ2n) is 3.98. The Balaban J connectivity index is 2.14. The zero-order chi connectivity index (χ0) is 12.5. The summed E-state index contributed by atoms with van der Waals surface area (Å²) in [5.41, 5.74) is 1.49. The van der Waals surface area contributed by atoms with Crippen LogP contribution in [0.1, 0.15) is 16.5 Å². The molecule has 3 rings (SSSR count). The standard InChI is InChI=1S/C14H10ClNOS/c15-14-10(13(17)12-6-3-7-18-12)8-9-4-1-2-5-11(9)16-14/h1-8,13,17H. The van der Waals surface area contributed by atoms with E-state index in [4.69, 9.17) is 11.6 Å². The first-order valence-electron chi connectivity index (χ1n) is 5.52. The third-order valence-corrected chi connectivity index (χ3v) is 4.04. The minimum atomic E-state index is -0.713. The van der Waals surface area contributed by atoms with Gasteiger partial charge in [-0.05, 0) is 23.6 Å². The van der Waals surface area contributed by atoms with Crippen molar-refractivity contribution in [3.63, 3.8) is 0 Å². The second kappa shape index (κ2) is 4.69. The Bertz CT molecular complexity index is 681. The summed E-state index contributed by atoms with van der Waals surface area (Å²) >= 11 is 7.65. The van der Waals surface area contributed by atoms with E-state index < -0.39 is 6.10 Å². The predicted molar refractivity (Wildman–Crippen MR) is 75.1 cm³/mol. The molecule has 0 aliphatic carbocycles. The van der Waals surface area contributed by atoms with Crippen LogP contribution in [0.5, 0.6) is 0 Å². The number of para-hydroxylation sites is 1. The number of pyridine rings is 1. The molecule has 1 aromatic carbocycles. The van der Waals surface area contributed by atoms with E-state index in [0.29, 0.717) is 10.7 Å². The molecule has 2 nitrogen and oxygen atoms in total. The molecule has 1 N–H and O–H groups in total. The van der Waals surface area contributed by atoms with Crippen LogP contribution in [0.15, 0.2) is 47.8 Å². The van der Waals surface area contributed by atoms with Crippen LogP contribution >= 0.6 is 22.9 Å². The largest absolute Gasteiger partial charge is 0.383 e. The lowest BCUT2D eigenvalue weighted by Crippen LogP contribution is -1.99. The summed E-state index contributed by atoms with van der Waals surface area (Å²) in [6.45, 7) is 0. The van der Waals surface area contributed by atoms with E-state index in [1.165, 1.54) is 11.3 Å². The lowest BCUT2D eigenvalue weighted by Gasteiger charge is -2.11. The highest BCUT2D eigenvalue weighted by Crippen LogP contribution is 2.31. The Morgan fingerprint density at radius 3 is 2.78 bits per heavy atom. The fraction of sp³-hybridized carbons (Fsp3) is 0.0714. The van der Waals surface area contributed by atoms with E-state index in [0.717, 1.165) is 15.8 Å². The molecule has 0 bridgehead atoms. The number of benzene rings is 1. The highest BCUT2D eigenvalue weighted by atomic mass is 35.5. The Labute approximate surface area is 113 Å². The van der Waals surface area contributed by atoms with Crippen LogP contribution in [0.4, 0.5) is 0 Å². The van der Waals surface area contributed by atoms with Crippen LogP contribution in [0.2, 0.25) is 5.15 Å². The Morgan fingerprint density at radius 1 is 1.17 bits per heavy atom. The van der Waals surface area contributed by atoms with Crippen molar-refractivity contribution in [2.75, 3.05) is 0 Å². The minimum absolute atomic E-state index is 0.356. The minimum Gasteiger partial charge on any atom is -0.383 e. The zero-order valence-electron chi connectivity index (χ0n) is 9.38. The molecular weight excluding hydrogens is 266 g/mol. The van der Waals surface area contributed by atoms with Gasteiger partial charge < -0.3 is 5.11 Å². The van der Waals surface area contributed by atoms with Crippen LogP contribution in [0.25, 0.3) is 10.9 Å². The molecule has 3 aromatic rings. The van der Waals surface area contributed by atoms with Gasteiger partial charge in [0.25, 0.3) is 0 Å². The van der Waals surface area contributed by atoms with Gasteiger partial charge in [0.15, 0.2) is 0 Å². The average Bonchev–Trinajstić information content (AvgIpc) is 2.91. The molecule has 1 atom stereocenters. The van der Waals surface area contributed by atoms with Crippen LogP contribution in [0.3, 0.4) is 0 Å². The van der Waals surface area contributed by atoms with Crippen LogP contribution < -0.4 is 0 Å². The van der Waals surface area contributed by atoms with Crippen molar-refractivity contribution in [1.29, 1.82) is 0 Å². The van der Waals surface area contributed by atoms with Gasteiger partial charge in [0.05, 0.1) is 5.52 Å². The predicted octanol–water partition coefficient (Wildman–Crippen LogP) is 4.03. The maximum absolute atomic E-state index is 10.3. The number of nitrogens with zero attached hydrogens (tertiary/aromatic N) is 1. The van der Waals surface area contributed by atoms with Crippen molar-refractivity contribution in [3.05, 3.63) is 63.4 Å². The molecule has 0 spiro atoms. The Hall–Kier alpha value is -1.42. The fourth-order valence-electron chi connectivity index (χ4n) is 1.90. The second-order valence-corrected chi connectivity index (χ2v) is 5.32. The van der Waals surface area contributed by atoms with E-state index in [9.17, 15) is 5.11 Å². The van der Waals surface area contributed by atoms with Gasteiger partial charge in [-0.1, -0.05) is 35.9 Å². The molecule has 4 heteroatoms. The van der Waals surface area contributed by atoms with E-state index >= 15 is 0 Å². The Kier molecular flexibility index (Phi) is 3.04. The van der Waals surface area contributed by atoms with E-state index in [1.807, 2.05) is 47.8 Å². The van der Waals surface area contributed by atoms with E-state index in [2.05, 4.69) is 4.98 Å². The maximum atomic E-state index is 10.3. The van der Waals surface area contributed by atoms with Crippen molar-refractivity contribution >= 4 is 33.8 Å². The summed E-state index contributed by atoms with van der Waals surface area (Å²) in [4.78, 5) is 5.19. The molecule has 0 amide bonds. The highest BCUT2D eigenvalue weighted by Gasteiger charge is 2.16. The molecule has 0 fully saturated rings.